The molecule has 0 fully saturated rings. The van der Waals surface area contributed by atoms with Crippen LogP contribution >= 0.6 is 11.3 Å². The summed E-state index contributed by atoms with van der Waals surface area (Å²) >= 11 is 1.02. The van der Waals surface area contributed by atoms with Gasteiger partial charge in [0, 0.05) is 53.5 Å². The molecule has 0 saturated heterocycles. The van der Waals surface area contributed by atoms with E-state index < -0.39 is 41.0 Å². The highest BCUT2D eigenvalue weighted by molar-refractivity contribution is 7.14. The van der Waals surface area contributed by atoms with Gasteiger partial charge in [-0.05, 0) is 50.5 Å². The van der Waals surface area contributed by atoms with E-state index in [1.54, 1.807) is 23.6 Å². The van der Waals surface area contributed by atoms with Gasteiger partial charge in [0.25, 0.3) is 5.91 Å². The van der Waals surface area contributed by atoms with Crippen LogP contribution < -0.4 is 5.32 Å². The van der Waals surface area contributed by atoms with E-state index in [1.807, 2.05) is 6.92 Å². The SMILES string of the molecule is CCCOCCCC(OC)c1cccc(-c2csc(NC(=O)c3cc(F)c(/C=C(\C)C(=O)O)c(F)c3)n2)c1F. The maximum atomic E-state index is 15.5. The number of carbonyl (C=O) groups excluding carboxylic acids is 1. The second-order valence-electron chi connectivity index (χ2n) is 8.67. The molecule has 2 aromatic carbocycles. The molecule has 0 spiro atoms. The molecule has 39 heavy (non-hydrogen) atoms. The molecular formula is C28H29F3N2O5S. The molecular weight excluding hydrogens is 533 g/mol. The van der Waals surface area contributed by atoms with Crippen molar-refractivity contribution >= 4 is 34.4 Å². The Balaban J connectivity index is 1.75. The lowest BCUT2D eigenvalue weighted by Crippen LogP contribution is -2.13. The number of carboxylic acid groups (broad SMARTS) is 1. The van der Waals surface area contributed by atoms with Crippen LogP contribution in [0.25, 0.3) is 17.3 Å². The third-order valence-electron chi connectivity index (χ3n) is 5.80. The average molecular weight is 563 g/mol. The minimum Gasteiger partial charge on any atom is -0.478 e. The van der Waals surface area contributed by atoms with E-state index in [1.165, 1.54) is 14.0 Å². The first-order valence-corrected chi connectivity index (χ1v) is 13.1. The highest BCUT2D eigenvalue weighted by atomic mass is 32.1. The Hall–Kier alpha value is -3.54. The largest absolute Gasteiger partial charge is 0.478 e. The Morgan fingerprint density at radius 3 is 2.54 bits per heavy atom. The van der Waals surface area contributed by atoms with Gasteiger partial charge < -0.3 is 14.6 Å². The van der Waals surface area contributed by atoms with Crippen molar-refractivity contribution in [2.24, 2.45) is 0 Å². The molecule has 1 unspecified atom stereocenters. The summed E-state index contributed by atoms with van der Waals surface area (Å²) in [4.78, 5) is 27.9. The highest BCUT2D eigenvalue weighted by Gasteiger charge is 2.21. The zero-order valence-corrected chi connectivity index (χ0v) is 22.5. The number of aliphatic carboxylic acids is 1. The number of thiazole rings is 1. The first-order valence-electron chi connectivity index (χ1n) is 12.2. The zero-order chi connectivity index (χ0) is 28.5. The molecule has 2 N–H and O–H groups in total. The van der Waals surface area contributed by atoms with Gasteiger partial charge in [0.15, 0.2) is 5.13 Å². The van der Waals surface area contributed by atoms with Crippen molar-refractivity contribution in [2.75, 3.05) is 25.6 Å². The summed E-state index contributed by atoms with van der Waals surface area (Å²) in [6, 6.07) is 6.50. The molecule has 0 radical (unpaired) electrons. The Morgan fingerprint density at radius 2 is 1.90 bits per heavy atom. The van der Waals surface area contributed by atoms with Crippen LogP contribution in [0.15, 0.2) is 41.3 Å². The van der Waals surface area contributed by atoms with Gasteiger partial charge in [0.1, 0.15) is 17.5 Å². The summed E-state index contributed by atoms with van der Waals surface area (Å²) in [6.07, 6.45) is 2.56. The van der Waals surface area contributed by atoms with E-state index in [2.05, 4.69) is 10.3 Å². The number of halogens is 3. The third kappa shape index (κ3) is 7.75. The van der Waals surface area contributed by atoms with E-state index in [-0.39, 0.29) is 27.5 Å². The number of ether oxygens (including phenoxy) is 2. The van der Waals surface area contributed by atoms with Crippen molar-refractivity contribution in [3.63, 3.8) is 0 Å². The smallest absolute Gasteiger partial charge is 0.331 e. The van der Waals surface area contributed by atoms with Crippen LogP contribution in [0.2, 0.25) is 0 Å². The normalized spacial score (nSPS) is 12.4. The van der Waals surface area contributed by atoms with Crippen LogP contribution in [0.3, 0.4) is 0 Å². The quantitative estimate of drug-likeness (QED) is 0.174. The predicted molar refractivity (Wildman–Crippen MR) is 143 cm³/mol. The molecule has 208 valence electrons. The van der Waals surface area contributed by atoms with Crippen molar-refractivity contribution in [1.29, 1.82) is 0 Å². The number of methoxy groups -OCH3 is 1. The number of benzene rings is 2. The first kappa shape index (κ1) is 30.0. The standard InChI is InChI=1S/C28H29F3N2O5S/c1-4-10-38-11-6-9-24(37-3)19-8-5-7-18(25(19)31)23-15-39-28(32-23)33-26(34)17-13-21(29)20(22(30)14-17)12-16(2)27(35)36/h5,7-8,12-15,24H,4,6,9-11H2,1-3H3,(H,35,36)(H,32,33,34)/b16-12+. The lowest BCUT2D eigenvalue weighted by molar-refractivity contribution is -0.132. The van der Waals surface area contributed by atoms with E-state index >= 15 is 4.39 Å². The molecule has 3 aromatic rings. The highest BCUT2D eigenvalue weighted by Crippen LogP contribution is 2.33. The fourth-order valence-electron chi connectivity index (χ4n) is 3.77. The molecule has 1 amide bonds. The van der Waals surface area contributed by atoms with Gasteiger partial charge in [-0.1, -0.05) is 19.1 Å². The van der Waals surface area contributed by atoms with Gasteiger partial charge in [0.05, 0.1) is 11.8 Å². The number of aromatic nitrogens is 1. The zero-order valence-electron chi connectivity index (χ0n) is 21.7. The monoisotopic (exact) mass is 562 g/mol. The van der Waals surface area contributed by atoms with Crippen LogP contribution in [-0.4, -0.2) is 42.3 Å². The van der Waals surface area contributed by atoms with Crippen LogP contribution in [0.5, 0.6) is 0 Å². The fourth-order valence-corrected chi connectivity index (χ4v) is 4.48. The van der Waals surface area contributed by atoms with Crippen molar-refractivity contribution in [2.45, 2.75) is 39.2 Å². The average Bonchev–Trinajstić information content (AvgIpc) is 3.36. The topological polar surface area (TPSA) is 97.8 Å². The molecule has 1 atom stereocenters. The lowest BCUT2D eigenvalue weighted by atomic mass is 10.00. The van der Waals surface area contributed by atoms with Gasteiger partial charge in [-0.15, -0.1) is 11.3 Å². The molecule has 1 aromatic heterocycles. The van der Waals surface area contributed by atoms with Crippen molar-refractivity contribution in [3.8, 4) is 11.3 Å². The number of nitrogens with zero attached hydrogens (tertiary/aromatic N) is 1. The van der Waals surface area contributed by atoms with Gasteiger partial charge >= 0.3 is 5.97 Å². The van der Waals surface area contributed by atoms with Gasteiger partial charge in [-0.2, -0.15) is 0 Å². The van der Waals surface area contributed by atoms with E-state index in [0.29, 0.717) is 31.6 Å². The third-order valence-corrected chi connectivity index (χ3v) is 6.56. The van der Waals surface area contributed by atoms with Crippen molar-refractivity contribution in [1.82, 2.24) is 4.98 Å². The maximum Gasteiger partial charge on any atom is 0.331 e. The fraction of sp³-hybridized carbons (Fsp3) is 0.321. The van der Waals surface area contributed by atoms with Crippen LogP contribution in [0.4, 0.5) is 18.3 Å². The molecule has 1 heterocycles. The van der Waals surface area contributed by atoms with Crippen LogP contribution in [0.1, 0.15) is 60.7 Å². The summed E-state index contributed by atoms with van der Waals surface area (Å²) in [6.45, 7) is 4.44. The van der Waals surface area contributed by atoms with Gasteiger partial charge in [-0.25, -0.2) is 22.9 Å². The number of carboxylic acids is 1. The Kier molecular flexibility index (Phi) is 10.8. The van der Waals surface area contributed by atoms with Crippen LogP contribution in [-0.2, 0) is 14.3 Å². The van der Waals surface area contributed by atoms with Crippen molar-refractivity contribution < 1.29 is 37.3 Å². The summed E-state index contributed by atoms with van der Waals surface area (Å²) in [5.41, 5.74) is -0.294. The van der Waals surface area contributed by atoms with Gasteiger partial charge in [0.2, 0.25) is 0 Å². The molecule has 7 nitrogen and oxygen atoms in total. The summed E-state index contributed by atoms with van der Waals surface area (Å²) in [7, 11) is 1.52. The second-order valence-corrected chi connectivity index (χ2v) is 9.52. The summed E-state index contributed by atoms with van der Waals surface area (Å²) < 4.78 is 55.4. The molecule has 0 saturated carbocycles. The number of anilines is 1. The minimum absolute atomic E-state index is 0.0997. The Bertz CT molecular complexity index is 1340. The lowest BCUT2D eigenvalue weighted by Gasteiger charge is -2.17. The maximum absolute atomic E-state index is 15.5. The molecule has 0 aliphatic carbocycles. The van der Waals surface area contributed by atoms with E-state index in [9.17, 15) is 18.4 Å². The number of carbonyl (C=O) groups is 2. The molecule has 0 bridgehead atoms. The minimum atomic E-state index is -1.33. The molecule has 0 aliphatic rings. The first-order chi connectivity index (χ1) is 18.7. The molecule has 11 heteroatoms. The summed E-state index contributed by atoms with van der Waals surface area (Å²) in [5.74, 6) is -4.84. The van der Waals surface area contributed by atoms with Crippen molar-refractivity contribution in [3.05, 3.63) is 75.4 Å². The second kappa shape index (κ2) is 14.0. The van der Waals surface area contributed by atoms with E-state index in [4.69, 9.17) is 14.6 Å². The Labute approximate surface area is 228 Å². The summed E-state index contributed by atoms with van der Waals surface area (Å²) in [5, 5.41) is 13.0. The van der Waals surface area contributed by atoms with Crippen LogP contribution in [0, 0.1) is 17.5 Å². The Morgan fingerprint density at radius 1 is 1.18 bits per heavy atom. The van der Waals surface area contributed by atoms with Gasteiger partial charge in [-0.3, -0.25) is 10.1 Å². The predicted octanol–water partition coefficient (Wildman–Crippen LogP) is 6.86. The molecule has 3 rings (SSSR count). The number of hydrogen-bond donors (Lipinski definition) is 2. The number of amides is 1. The molecule has 0 aliphatic heterocycles. The number of rotatable bonds is 13. The number of nitrogens with one attached hydrogen (secondary N) is 1. The van der Waals surface area contributed by atoms with E-state index in [0.717, 1.165) is 36.0 Å². The number of hydrogen-bond acceptors (Lipinski definition) is 6.